The van der Waals surface area contributed by atoms with Crippen molar-refractivity contribution in [2.24, 2.45) is 0 Å². The minimum Gasteiger partial charge on any atom is -0.284 e. The van der Waals surface area contributed by atoms with E-state index in [1.807, 2.05) is 0 Å². The fourth-order valence-corrected chi connectivity index (χ4v) is 1.20. The zero-order valence-electron chi connectivity index (χ0n) is 6.84. The summed E-state index contributed by atoms with van der Waals surface area (Å²) in [5.41, 5.74) is 0. The molecule has 0 saturated heterocycles. The second-order valence-corrected chi connectivity index (χ2v) is 6.55. The molecule has 0 amide bonds. The molecule has 0 unspecified atom stereocenters. The van der Waals surface area contributed by atoms with Crippen molar-refractivity contribution < 1.29 is 25.9 Å². The van der Waals surface area contributed by atoms with E-state index in [0.717, 1.165) is 0 Å². The molecular formula is C3H8NaO6S2. The van der Waals surface area contributed by atoms with Crippen LogP contribution in [-0.4, -0.2) is 59.6 Å². The molecule has 0 aromatic heterocycles. The third-order valence-electron chi connectivity index (χ3n) is 1.24. The standard InChI is InChI=1S/C3H8O6S2.Na/c1-3(2,10(4,5)6)11(7,8)9;/h1-2H3,(H,4,5,6)(H,7,8,9);. The Kier molecular flexibility index (Phi) is 4.98. The first kappa shape index (κ1) is 15.3. The van der Waals surface area contributed by atoms with E-state index in [9.17, 15) is 16.8 Å². The Balaban J connectivity index is 0. The van der Waals surface area contributed by atoms with E-state index in [-0.39, 0.29) is 29.6 Å². The quantitative estimate of drug-likeness (QED) is 0.468. The van der Waals surface area contributed by atoms with Crippen molar-refractivity contribution in [1.29, 1.82) is 0 Å². The normalized spacial score (nSPS) is 13.7. The van der Waals surface area contributed by atoms with Crippen LogP contribution in [0.5, 0.6) is 0 Å². The molecule has 0 aliphatic rings. The SMILES string of the molecule is CC(C)(S(=O)(=O)O)S(=O)(=O)O.[Na]. The first-order valence-corrected chi connectivity index (χ1v) is 5.32. The Hall–Kier alpha value is 0.820. The van der Waals surface area contributed by atoms with Crippen molar-refractivity contribution in [3.63, 3.8) is 0 Å². The van der Waals surface area contributed by atoms with Crippen LogP contribution < -0.4 is 0 Å². The van der Waals surface area contributed by atoms with Gasteiger partial charge in [0.15, 0.2) is 0 Å². The van der Waals surface area contributed by atoms with Crippen molar-refractivity contribution in [2.75, 3.05) is 0 Å². The van der Waals surface area contributed by atoms with Gasteiger partial charge in [0.25, 0.3) is 20.2 Å². The van der Waals surface area contributed by atoms with Gasteiger partial charge in [0.2, 0.25) is 4.08 Å². The zero-order chi connectivity index (χ0) is 9.50. The fourth-order valence-electron chi connectivity index (χ4n) is 0.133. The topological polar surface area (TPSA) is 109 Å². The molecule has 0 aromatic carbocycles. The molecule has 0 heterocycles. The van der Waals surface area contributed by atoms with Crippen LogP contribution in [0, 0.1) is 0 Å². The first-order valence-electron chi connectivity index (χ1n) is 2.44. The predicted octanol–water partition coefficient (Wildman–Crippen LogP) is -0.883. The fraction of sp³-hybridized carbons (Fsp3) is 1.00. The van der Waals surface area contributed by atoms with Gasteiger partial charge >= 0.3 is 0 Å². The van der Waals surface area contributed by atoms with Gasteiger partial charge in [-0.05, 0) is 13.8 Å². The molecular weight excluding hydrogens is 219 g/mol. The third kappa shape index (κ3) is 2.95. The van der Waals surface area contributed by atoms with Crippen LogP contribution in [-0.2, 0) is 20.2 Å². The molecule has 0 spiro atoms. The molecule has 0 aromatic rings. The summed E-state index contributed by atoms with van der Waals surface area (Å²) in [4.78, 5) is 0. The summed E-state index contributed by atoms with van der Waals surface area (Å²) < 4.78 is 55.3. The Bertz CT molecular complexity index is 303. The van der Waals surface area contributed by atoms with E-state index in [1.165, 1.54) is 0 Å². The van der Waals surface area contributed by atoms with Crippen LogP contribution in [0.15, 0.2) is 0 Å². The molecule has 2 N–H and O–H groups in total. The van der Waals surface area contributed by atoms with Crippen LogP contribution >= 0.6 is 0 Å². The average molecular weight is 227 g/mol. The van der Waals surface area contributed by atoms with Crippen molar-refractivity contribution in [3.8, 4) is 0 Å². The van der Waals surface area contributed by atoms with Gasteiger partial charge in [-0.25, -0.2) is 0 Å². The Labute approximate surface area is 93.1 Å². The molecule has 0 fully saturated rings. The molecule has 0 rings (SSSR count). The van der Waals surface area contributed by atoms with E-state index < -0.39 is 24.3 Å². The van der Waals surface area contributed by atoms with Crippen molar-refractivity contribution in [3.05, 3.63) is 0 Å². The van der Waals surface area contributed by atoms with E-state index >= 15 is 0 Å². The summed E-state index contributed by atoms with van der Waals surface area (Å²) in [6.07, 6.45) is 0. The molecule has 0 saturated carbocycles. The van der Waals surface area contributed by atoms with Gasteiger partial charge in [0.1, 0.15) is 0 Å². The smallest absolute Gasteiger partial charge is 0.284 e. The van der Waals surface area contributed by atoms with Crippen molar-refractivity contribution in [2.45, 2.75) is 17.9 Å². The van der Waals surface area contributed by atoms with Gasteiger partial charge in [-0.15, -0.1) is 0 Å². The van der Waals surface area contributed by atoms with Gasteiger partial charge in [-0.3, -0.25) is 9.11 Å². The molecule has 1 radical (unpaired) electrons. The maximum Gasteiger partial charge on any atom is 0.287 e. The molecule has 0 atom stereocenters. The summed E-state index contributed by atoms with van der Waals surface area (Å²) in [5.74, 6) is 0. The number of hydrogen-bond acceptors (Lipinski definition) is 4. The second-order valence-electron chi connectivity index (χ2n) is 2.35. The number of hydrogen-bond donors (Lipinski definition) is 2. The Morgan fingerprint density at radius 3 is 1.08 bits per heavy atom. The van der Waals surface area contributed by atoms with E-state index in [4.69, 9.17) is 9.11 Å². The second kappa shape index (κ2) is 3.91. The molecule has 9 heteroatoms. The van der Waals surface area contributed by atoms with Gasteiger partial charge in [-0.1, -0.05) is 0 Å². The molecule has 6 nitrogen and oxygen atoms in total. The van der Waals surface area contributed by atoms with Crippen LogP contribution in [0.2, 0.25) is 0 Å². The summed E-state index contributed by atoms with van der Waals surface area (Å²) in [6.45, 7) is 1.36. The average Bonchev–Trinajstić information content (AvgIpc) is 1.58. The molecule has 0 bridgehead atoms. The molecule has 12 heavy (non-hydrogen) atoms. The van der Waals surface area contributed by atoms with E-state index in [0.29, 0.717) is 13.8 Å². The minimum absolute atomic E-state index is 0. The van der Waals surface area contributed by atoms with Gasteiger partial charge in [0, 0.05) is 29.6 Å². The minimum atomic E-state index is -4.80. The van der Waals surface area contributed by atoms with Gasteiger partial charge < -0.3 is 0 Å². The summed E-state index contributed by atoms with van der Waals surface area (Å²) in [5, 5.41) is 0. The van der Waals surface area contributed by atoms with Crippen molar-refractivity contribution >= 4 is 49.8 Å². The van der Waals surface area contributed by atoms with Crippen LogP contribution in [0.3, 0.4) is 0 Å². The molecule has 0 aliphatic carbocycles. The summed E-state index contributed by atoms with van der Waals surface area (Å²) in [6, 6.07) is 0. The largest absolute Gasteiger partial charge is 0.287 e. The molecule has 69 valence electrons. The van der Waals surface area contributed by atoms with Gasteiger partial charge in [0.05, 0.1) is 0 Å². The maximum absolute atomic E-state index is 10.3. The first-order chi connectivity index (χ1) is 4.50. The Morgan fingerprint density at radius 1 is 0.917 bits per heavy atom. The summed E-state index contributed by atoms with van der Waals surface area (Å²) >= 11 is 0. The Morgan fingerprint density at radius 2 is 1.08 bits per heavy atom. The van der Waals surface area contributed by atoms with E-state index in [2.05, 4.69) is 0 Å². The third-order valence-corrected chi connectivity index (χ3v) is 4.99. The predicted molar refractivity (Wildman–Crippen MR) is 42.9 cm³/mol. The van der Waals surface area contributed by atoms with Gasteiger partial charge in [-0.2, -0.15) is 16.8 Å². The van der Waals surface area contributed by atoms with E-state index in [1.54, 1.807) is 0 Å². The maximum atomic E-state index is 10.3. The monoisotopic (exact) mass is 227 g/mol. The van der Waals surface area contributed by atoms with Crippen molar-refractivity contribution in [1.82, 2.24) is 0 Å². The van der Waals surface area contributed by atoms with Crippen LogP contribution in [0.1, 0.15) is 13.8 Å². The van der Waals surface area contributed by atoms with Crippen LogP contribution in [0.25, 0.3) is 0 Å². The van der Waals surface area contributed by atoms with Crippen LogP contribution in [0.4, 0.5) is 0 Å². The summed E-state index contributed by atoms with van der Waals surface area (Å²) in [7, 11) is -9.60. The zero-order valence-corrected chi connectivity index (χ0v) is 10.5. The molecule has 0 aliphatic heterocycles. The number of rotatable bonds is 2.